The quantitative estimate of drug-likeness (QED) is 0.584. The van der Waals surface area contributed by atoms with Crippen molar-refractivity contribution in [2.24, 2.45) is 0 Å². The topological polar surface area (TPSA) is 12.5 Å². The largest absolute Gasteiger partial charge is 0.380 e. The molecule has 0 amide bonds. The molecular weight excluding hydrogens is 126 g/mol. The Morgan fingerprint density at radius 1 is 1.50 bits per heavy atom. The molecule has 0 aromatic rings. The molecule has 2 nitrogen and oxygen atoms in total. The average Bonchev–Trinajstić information content (AvgIpc) is 1.88. The molecule has 10 heavy (non-hydrogen) atoms. The monoisotopic (exact) mass is 143 g/mol. The summed E-state index contributed by atoms with van der Waals surface area (Å²) in [5.41, 5.74) is 0. The van der Waals surface area contributed by atoms with Crippen LogP contribution in [0.4, 0.5) is 0 Å². The number of hydrogen-bond donors (Lipinski definition) is 0. The highest BCUT2D eigenvalue weighted by Crippen LogP contribution is 2.16. The molecule has 1 atom stereocenters. The van der Waals surface area contributed by atoms with Gasteiger partial charge in [0.25, 0.3) is 0 Å². The zero-order valence-electron chi connectivity index (χ0n) is 6.97. The molecule has 0 bridgehead atoms. The molecule has 0 aromatic heterocycles. The number of nitrogens with zero attached hydrogens (tertiary/aromatic N) is 1. The molecule has 0 saturated carbocycles. The summed E-state index contributed by atoms with van der Waals surface area (Å²) >= 11 is 0. The molecule has 2 heteroatoms. The second-order valence-corrected chi connectivity index (χ2v) is 2.73. The van der Waals surface area contributed by atoms with Crippen molar-refractivity contribution in [2.75, 3.05) is 26.3 Å². The first-order chi connectivity index (χ1) is 4.88. The lowest BCUT2D eigenvalue weighted by molar-refractivity contribution is 0.0127. The van der Waals surface area contributed by atoms with E-state index in [0.717, 1.165) is 19.3 Å². The Morgan fingerprint density at radius 3 is 2.70 bits per heavy atom. The molecule has 0 radical (unpaired) electrons. The summed E-state index contributed by atoms with van der Waals surface area (Å²) < 4.78 is 5.33. The Labute approximate surface area is 63.2 Å². The third kappa shape index (κ3) is 1.70. The van der Waals surface area contributed by atoms with Gasteiger partial charge in [-0.2, -0.15) is 0 Å². The first-order valence-corrected chi connectivity index (χ1v) is 4.20. The molecule has 1 aliphatic heterocycles. The predicted octanol–water partition coefficient (Wildman–Crippen LogP) is 1.12. The fourth-order valence-electron chi connectivity index (χ4n) is 1.35. The minimum Gasteiger partial charge on any atom is -0.380 e. The standard InChI is InChI=1S/C8H17NO/c1-3-9-6-5-8(9)7-10-4-2/h8H,3-7H2,1-2H3. The number of likely N-dealkylation sites (N-methyl/N-ethyl adjacent to an activating group) is 1. The van der Waals surface area contributed by atoms with Crippen LogP contribution in [0.25, 0.3) is 0 Å². The number of ether oxygens (including phenoxy) is 1. The summed E-state index contributed by atoms with van der Waals surface area (Å²) in [6, 6.07) is 0.727. The van der Waals surface area contributed by atoms with Crippen molar-refractivity contribution < 1.29 is 4.74 Å². The molecule has 1 unspecified atom stereocenters. The van der Waals surface area contributed by atoms with E-state index >= 15 is 0 Å². The highest BCUT2D eigenvalue weighted by atomic mass is 16.5. The molecule has 1 aliphatic rings. The molecule has 1 fully saturated rings. The van der Waals surface area contributed by atoms with Crippen molar-refractivity contribution in [3.05, 3.63) is 0 Å². The molecule has 0 aliphatic carbocycles. The fraction of sp³-hybridized carbons (Fsp3) is 1.00. The van der Waals surface area contributed by atoms with E-state index in [1.807, 2.05) is 0 Å². The van der Waals surface area contributed by atoms with Crippen LogP contribution in [0.5, 0.6) is 0 Å². The van der Waals surface area contributed by atoms with E-state index < -0.39 is 0 Å². The molecule has 0 N–H and O–H groups in total. The lowest BCUT2D eigenvalue weighted by Crippen LogP contribution is -2.49. The summed E-state index contributed by atoms with van der Waals surface area (Å²) in [5.74, 6) is 0. The summed E-state index contributed by atoms with van der Waals surface area (Å²) in [6.07, 6.45) is 1.33. The van der Waals surface area contributed by atoms with Gasteiger partial charge in [0.2, 0.25) is 0 Å². The van der Waals surface area contributed by atoms with Gasteiger partial charge in [-0.25, -0.2) is 0 Å². The van der Waals surface area contributed by atoms with E-state index in [1.165, 1.54) is 19.5 Å². The zero-order valence-corrected chi connectivity index (χ0v) is 6.97. The Kier molecular flexibility index (Phi) is 3.16. The molecule has 60 valence electrons. The Bertz CT molecular complexity index is 93.3. The first kappa shape index (κ1) is 8.02. The van der Waals surface area contributed by atoms with Crippen LogP contribution in [0.3, 0.4) is 0 Å². The average molecular weight is 143 g/mol. The summed E-state index contributed by atoms with van der Waals surface area (Å²) in [7, 11) is 0. The van der Waals surface area contributed by atoms with Crippen molar-refractivity contribution in [3.63, 3.8) is 0 Å². The van der Waals surface area contributed by atoms with Crippen molar-refractivity contribution >= 4 is 0 Å². The highest BCUT2D eigenvalue weighted by molar-refractivity contribution is 4.80. The maximum Gasteiger partial charge on any atom is 0.0622 e. The van der Waals surface area contributed by atoms with Crippen LogP contribution < -0.4 is 0 Å². The van der Waals surface area contributed by atoms with E-state index in [1.54, 1.807) is 0 Å². The predicted molar refractivity (Wildman–Crippen MR) is 42.1 cm³/mol. The van der Waals surface area contributed by atoms with Gasteiger partial charge in [-0.05, 0) is 19.9 Å². The normalized spacial score (nSPS) is 26.4. The number of hydrogen-bond acceptors (Lipinski definition) is 2. The maximum atomic E-state index is 5.33. The lowest BCUT2D eigenvalue weighted by Gasteiger charge is -2.39. The van der Waals surface area contributed by atoms with Gasteiger partial charge in [0.1, 0.15) is 0 Å². The number of likely N-dealkylation sites (tertiary alicyclic amines) is 1. The van der Waals surface area contributed by atoms with E-state index in [-0.39, 0.29) is 0 Å². The molecule has 0 spiro atoms. The minimum atomic E-state index is 0.727. The van der Waals surface area contributed by atoms with Gasteiger partial charge in [0.05, 0.1) is 6.61 Å². The van der Waals surface area contributed by atoms with Crippen LogP contribution in [0.15, 0.2) is 0 Å². The van der Waals surface area contributed by atoms with Gasteiger partial charge in [0.15, 0.2) is 0 Å². The van der Waals surface area contributed by atoms with Crippen LogP contribution >= 0.6 is 0 Å². The smallest absolute Gasteiger partial charge is 0.0622 e. The SMILES string of the molecule is CCOCC1CCN1CC. The number of rotatable bonds is 4. The lowest BCUT2D eigenvalue weighted by atomic mass is 10.1. The Balaban J connectivity index is 2.05. The van der Waals surface area contributed by atoms with Gasteiger partial charge in [-0.3, -0.25) is 4.90 Å². The third-order valence-corrected chi connectivity index (χ3v) is 2.19. The van der Waals surface area contributed by atoms with Crippen LogP contribution in [0, 0.1) is 0 Å². The van der Waals surface area contributed by atoms with Crippen molar-refractivity contribution in [2.45, 2.75) is 26.3 Å². The van der Waals surface area contributed by atoms with E-state index in [4.69, 9.17) is 4.74 Å². The van der Waals surface area contributed by atoms with Crippen LogP contribution in [-0.4, -0.2) is 37.2 Å². The second kappa shape index (κ2) is 3.94. The van der Waals surface area contributed by atoms with Gasteiger partial charge in [-0.15, -0.1) is 0 Å². The molecule has 1 heterocycles. The van der Waals surface area contributed by atoms with Crippen LogP contribution in [0.2, 0.25) is 0 Å². The summed E-state index contributed by atoms with van der Waals surface area (Å²) in [4.78, 5) is 2.45. The van der Waals surface area contributed by atoms with Gasteiger partial charge < -0.3 is 4.74 Å². The highest BCUT2D eigenvalue weighted by Gasteiger charge is 2.25. The van der Waals surface area contributed by atoms with Gasteiger partial charge >= 0.3 is 0 Å². The first-order valence-electron chi connectivity index (χ1n) is 4.20. The van der Waals surface area contributed by atoms with Gasteiger partial charge in [-0.1, -0.05) is 6.92 Å². The second-order valence-electron chi connectivity index (χ2n) is 2.73. The Morgan fingerprint density at radius 2 is 2.30 bits per heavy atom. The summed E-state index contributed by atoms with van der Waals surface area (Å²) in [6.45, 7) is 8.50. The van der Waals surface area contributed by atoms with Crippen molar-refractivity contribution in [1.29, 1.82) is 0 Å². The fourth-order valence-corrected chi connectivity index (χ4v) is 1.35. The van der Waals surface area contributed by atoms with Crippen LogP contribution in [0.1, 0.15) is 20.3 Å². The zero-order chi connectivity index (χ0) is 7.40. The third-order valence-electron chi connectivity index (χ3n) is 2.19. The summed E-state index contributed by atoms with van der Waals surface area (Å²) in [5, 5.41) is 0. The molecular formula is C8H17NO. The molecule has 1 rings (SSSR count). The van der Waals surface area contributed by atoms with E-state index in [2.05, 4.69) is 18.7 Å². The van der Waals surface area contributed by atoms with E-state index in [9.17, 15) is 0 Å². The van der Waals surface area contributed by atoms with Crippen molar-refractivity contribution in [3.8, 4) is 0 Å². The van der Waals surface area contributed by atoms with E-state index in [0.29, 0.717) is 0 Å². The van der Waals surface area contributed by atoms with Crippen LogP contribution in [-0.2, 0) is 4.74 Å². The molecule has 1 saturated heterocycles. The Hall–Kier alpha value is -0.0800. The minimum absolute atomic E-state index is 0.727. The van der Waals surface area contributed by atoms with Gasteiger partial charge in [0, 0.05) is 19.2 Å². The van der Waals surface area contributed by atoms with Crippen molar-refractivity contribution in [1.82, 2.24) is 4.90 Å². The maximum absolute atomic E-state index is 5.33. The molecule has 0 aromatic carbocycles.